The van der Waals surface area contributed by atoms with Gasteiger partial charge in [-0.05, 0) is 42.2 Å². The topological polar surface area (TPSA) is 95.3 Å². The van der Waals surface area contributed by atoms with Crippen molar-refractivity contribution in [3.05, 3.63) is 53.7 Å². The third-order valence-electron chi connectivity index (χ3n) is 4.72. The maximum Gasteiger partial charge on any atom is 0.283 e. The van der Waals surface area contributed by atoms with Crippen LogP contribution in [0.15, 0.2) is 47.5 Å². The number of hydrogen-bond donors (Lipinski definition) is 1. The predicted molar refractivity (Wildman–Crippen MR) is 115 cm³/mol. The number of nitrogens with one attached hydrogen (secondary N) is 1. The van der Waals surface area contributed by atoms with Gasteiger partial charge in [0.25, 0.3) is 10.0 Å². The molecule has 30 heavy (non-hydrogen) atoms. The van der Waals surface area contributed by atoms with Crippen molar-refractivity contribution in [3.8, 4) is 17.2 Å². The predicted octanol–water partition coefficient (Wildman–Crippen LogP) is 3.69. The van der Waals surface area contributed by atoms with Gasteiger partial charge in [0.15, 0.2) is 0 Å². The second-order valence-electron chi connectivity index (χ2n) is 7.86. The Balaban J connectivity index is 1.95. The molecule has 1 aromatic heterocycles. The lowest BCUT2D eigenvalue weighted by Gasteiger charge is -2.19. The SMILES string of the molecule is COc1ccc(OC)c(-n2nnc(S(=O)(=O)Nc3ccc(C(C)(C)C)cc3)c2C)c1. The third kappa shape index (κ3) is 4.25. The van der Waals surface area contributed by atoms with Crippen molar-refractivity contribution in [1.82, 2.24) is 15.0 Å². The van der Waals surface area contributed by atoms with E-state index in [9.17, 15) is 8.42 Å². The van der Waals surface area contributed by atoms with Gasteiger partial charge in [0.1, 0.15) is 17.2 Å². The van der Waals surface area contributed by atoms with Gasteiger partial charge in [-0.15, -0.1) is 5.10 Å². The molecule has 0 aliphatic carbocycles. The molecular weight excluding hydrogens is 404 g/mol. The molecule has 0 aliphatic heterocycles. The van der Waals surface area contributed by atoms with Crippen LogP contribution in [0.3, 0.4) is 0 Å². The van der Waals surface area contributed by atoms with Crippen LogP contribution >= 0.6 is 0 Å². The van der Waals surface area contributed by atoms with Crippen molar-refractivity contribution < 1.29 is 17.9 Å². The molecule has 0 bridgehead atoms. The van der Waals surface area contributed by atoms with E-state index in [4.69, 9.17) is 9.47 Å². The number of anilines is 1. The monoisotopic (exact) mass is 430 g/mol. The minimum absolute atomic E-state index is 0.0213. The molecule has 8 nitrogen and oxygen atoms in total. The first kappa shape index (κ1) is 21.6. The van der Waals surface area contributed by atoms with Gasteiger partial charge in [-0.25, -0.2) is 4.68 Å². The highest BCUT2D eigenvalue weighted by Crippen LogP contribution is 2.30. The Labute approximate surface area is 176 Å². The van der Waals surface area contributed by atoms with Crippen LogP contribution in [0.4, 0.5) is 5.69 Å². The molecule has 0 radical (unpaired) electrons. The molecule has 0 fully saturated rings. The van der Waals surface area contributed by atoms with Crippen LogP contribution in [0.25, 0.3) is 5.69 Å². The van der Waals surface area contributed by atoms with Gasteiger partial charge < -0.3 is 9.47 Å². The third-order valence-corrected chi connectivity index (χ3v) is 6.11. The Morgan fingerprint density at radius 2 is 1.67 bits per heavy atom. The maximum absolute atomic E-state index is 12.9. The number of ether oxygens (including phenoxy) is 2. The number of aromatic nitrogens is 3. The average molecular weight is 431 g/mol. The second kappa shape index (κ2) is 7.98. The van der Waals surface area contributed by atoms with Gasteiger partial charge in [-0.2, -0.15) is 8.42 Å². The van der Waals surface area contributed by atoms with Crippen molar-refractivity contribution in [3.63, 3.8) is 0 Å². The number of benzene rings is 2. The Kier molecular flexibility index (Phi) is 5.76. The van der Waals surface area contributed by atoms with Crippen LogP contribution in [0.2, 0.25) is 0 Å². The molecule has 0 spiro atoms. The maximum atomic E-state index is 12.9. The molecule has 9 heteroatoms. The lowest BCUT2D eigenvalue weighted by molar-refractivity contribution is 0.400. The number of nitrogens with zero attached hydrogens (tertiary/aromatic N) is 3. The number of hydrogen-bond acceptors (Lipinski definition) is 6. The molecule has 0 atom stereocenters. The molecule has 3 aromatic rings. The zero-order valence-corrected chi connectivity index (χ0v) is 18.7. The highest BCUT2D eigenvalue weighted by molar-refractivity contribution is 7.92. The van der Waals surface area contributed by atoms with Crippen molar-refractivity contribution in [2.45, 2.75) is 38.1 Å². The summed E-state index contributed by atoms with van der Waals surface area (Å²) < 4.78 is 40.5. The van der Waals surface area contributed by atoms with E-state index in [1.165, 1.54) is 11.8 Å². The van der Waals surface area contributed by atoms with Gasteiger partial charge in [-0.1, -0.05) is 38.1 Å². The van der Waals surface area contributed by atoms with E-state index >= 15 is 0 Å². The van der Waals surface area contributed by atoms with E-state index in [2.05, 4.69) is 35.8 Å². The molecule has 3 rings (SSSR count). The summed E-state index contributed by atoms with van der Waals surface area (Å²) in [6.07, 6.45) is 0. The minimum Gasteiger partial charge on any atom is -0.497 e. The molecule has 0 amide bonds. The number of rotatable bonds is 6. The van der Waals surface area contributed by atoms with Gasteiger partial charge >= 0.3 is 0 Å². The molecule has 0 saturated heterocycles. The summed E-state index contributed by atoms with van der Waals surface area (Å²) in [5.74, 6) is 1.10. The van der Waals surface area contributed by atoms with E-state index in [0.717, 1.165) is 5.56 Å². The summed E-state index contributed by atoms with van der Waals surface area (Å²) in [7, 11) is -0.859. The summed E-state index contributed by atoms with van der Waals surface area (Å²) in [5, 5.41) is 7.79. The summed E-state index contributed by atoms with van der Waals surface area (Å²) in [5.41, 5.74) is 2.42. The second-order valence-corrected chi connectivity index (χ2v) is 9.46. The Morgan fingerprint density at radius 3 is 2.23 bits per heavy atom. The summed E-state index contributed by atoms with van der Waals surface area (Å²) in [6, 6.07) is 12.5. The minimum atomic E-state index is -3.93. The first-order valence-electron chi connectivity index (χ1n) is 9.35. The van der Waals surface area contributed by atoms with Crippen LogP contribution in [0, 0.1) is 6.92 Å². The van der Waals surface area contributed by atoms with Gasteiger partial charge in [0.05, 0.1) is 19.9 Å². The van der Waals surface area contributed by atoms with Gasteiger partial charge in [-0.3, -0.25) is 4.72 Å². The fraction of sp³-hybridized carbons (Fsp3) is 0.333. The zero-order valence-electron chi connectivity index (χ0n) is 17.9. The van der Waals surface area contributed by atoms with Crippen LogP contribution in [-0.2, 0) is 15.4 Å². The molecule has 0 aliphatic rings. The summed E-state index contributed by atoms with van der Waals surface area (Å²) in [4.78, 5) is 0. The Bertz CT molecular complexity index is 1150. The lowest BCUT2D eigenvalue weighted by atomic mass is 9.87. The van der Waals surface area contributed by atoms with Crippen molar-refractivity contribution in [1.29, 1.82) is 0 Å². The summed E-state index contributed by atoms with van der Waals surface area (Å²) in [6.45, 7) is 7.93. The van der Waals surface area contributed by atoms with E-state index in [1.54, 1.807) is 44.4 Å². The fourth-order valence-corrected chi connectivity index (χ4v) is 4.16. The van der Waals surface area contributed by atoms with Crippen molar-refractivity contribution >= 4 is 15.7 Å². The van der Waals surface area contributed by atoms with Crippen molar-refractivity contribution in [2.75, 3.05) is 18.9 Å². The number of sulfonamides is 1. The van der Waals surface area contributed by atoms with Crippen molar-refractivity contribution in [2.24, 2.45) is 0 Å². The average Bonchev–Trinajstić information content (AvgIpc) is 3.09. The lowest BCUT2D eigenvalue weighted by Crippen LogP contribution is -2.16. The van der Waals surface area contributed by atoms with E-state index in [0.29, 0.717) is 28.6 Å². The van der Waals surface area contributed by atoms with E-state index in [1.807, 2.05) is 12.1 Å². The molecule has 0 unspecified atom stereocenters. The van der Waals surface area contributed by atoms with Crippen LogP contribution in [0.5, 0.6) is 11.5 Å². The molecule has 1 heterocycles. The normalized spacial score (nSPS) is 11.9. The van der Waals surface area contributed by atoms with E-state index < -0.39 is 10.0 Å². The standard InChI is InChI=1S/C21H26N4O4S/c1-14-20(22-24-25(14)18-13-17(28-5)11-12-19(18)29-6)30(26,27)23-16-9-7-15(8-10-16)21(2,3)4/h7-13,23H,1-6H3. The Hall–Kier alpha value is -3.07. The van der Waals surface area contributed by atoms with E-state index in [-0.39, 0.29) is 10.4 Å². The van der Waals surface area contributed by atoms with Crippen LogP contribution in [0.1, 0.15) is 32.0 Å². The highest BCUT2D eigenvalue weighted by atomic mass is 32.2. The van der Waals surface area contributed by atoms with Gasteiger partial charge in [0, 0.05) is 11.8 Å². The molecule has 160 valence electrons. The zero-order chi connectivity index (χ0) is 22.1. The van der Waals surface area contributed by atoms with Gasteiger partial charge in [0.2, 0.25) is 5.03 Å². The first-order chi connectivity index (χ1) is 14.1. The smallest absolute Gasteiger partial charge is 0.283 e. The number of methoxy groups -OCH3 is 2. The quantitative estimate of drug-likeness (QED) is 0.641. The molecular formula is C21H26N4O4S. The largest absolute Gasteiger partial charge is 0.497 e. The first-order valence-corrected chi connectivity index (χ1v) is 10.8. The molecule has 0 saturated carbocycles. The summed E-state index contributed by atoms with van der Waals surface area (Å²) >= 11 is 0. The molecule has 1 N–H and O–H groups in total. The molecule has 2 aromatic carbocycles. The fourth-order valence-electron chi connectivity index (χ4n) is 3.00. The Morgan fingerprint density at radius 1 is 1.00 bits per heavy atom. The van der Waals surface area contributed by atoms with Crippen LogP contribution in [-0.4, -0.2) is 37.6 Å². The highest BCUT2D eigenvalue weighted by Gasteiger charge is 2.25. The van der Waals surface area contributed by atoms with Crippen LogP contribution < -0.4 is 14.2 Å².